The van der Waals surface area contributed by atoms with E-state index < -0.39 is 23.7 Å². The number of aliphatic hydroxyl groups is 1. The second kappa shape index (κ2) is 6.14. The van der Waals surface area contributed by atoms with Crippen LogP contribution in [0.4, 0.5) is 10.6 Å². The van der Waals surface area contributed by atoms with Crippen molar-refractivity contribution < 1.29 is 24.2 Å². The fourth-order valence-electron chi connectivity index (χ4n) is 1.91. The number of aromatic nitrogens is 1. The van der Waals surface area contributed by atoms with Crippen LogP contribution in [0, 0.1) is 11.8 Å². The highest BCUT2D eigenvalue weighted by atomic mass is 16.6. The van der Waals surface area contributed by atoms with Gasteiger partial charge in [-0.3, -0.25) is 9.69 Å². The minimum absolute atomic E-state index is 0.206. The van der Waals surface area contributed by atoms with Gasteiger partial charge in [-0.1, -0.05) is 11.8 Å². The molecule has 0 aliphatic carbocycles. The van der Waals surface area contributed by atoms with Crippen LogP contribution >= 0.6 is 0 Å². The molecule has 2 heterocycles. The Hall–Kier alpha value is -2.79. The highest BCUT2D eigenvalue weighted by Gasteiger charge is 2.33. The van der Waals surface area contributed by atoms with E-state index in [1.807, 2.05) is 0 Å². The second-order valence-corrected chi connectivity index (χ2v) is 5.45. The molecule has 0 bridgehead atoms. The van der Waals surface area contributed by atoms with Crippen LogP contribution < -0.4 is 15.4 Å². The molecule has 0 radical (unpaired) electrons. The van der Waals surface area contributed by atoms with E-state index in [2.05, 4.69) is 16.8 Å². The molecule has 1 aliphatic heterocycles. The molecule has 2 rings (SSSR count). The quantitative estimate of drug-likeness (QED) is 0.705. The molecule has 0 spiro atoms. The zero-order valence-corrected chi connectivity index (χ0v) is 13.0. The van der Waals surface area contributed by atoms with Gasteiger partial charge in [-0.15, -0.1) is 0 Å². The normalized spacial score (nSPS) is 17.3. The fourth-order valence-corrected chi connectivity index (χ4v) is 1.91. The van der Waals surface area contributed by atoms with Crippen molar-refractivity contribution >= 4 is 17.8 Å². The van der Waals surface area contributed by atoms with Gasteiger partial charge in [0.25, 0.3) is 5.91 Å². The Labute approximate surface area is 133 Å². The van der Waals surface area contributed by atoms with Gasteiger partial charge in [0, 0.05) is 13.2 Å². The van der Waals surface area contributed by atoms with E-state index in [9.17, 15) is 14.7 Å². The topological polar surface area (TPSA) is 115 Å². The number of nitrogens with two attached hydrogens (primary N) is 1. The van der Waals surface area contributed by atoms with Crippen molar-refractivity contribution in [2.75, 3.05) is 18.6 Å². The summed E-state index contributed by atoms with van der Waals surface area (Å²) in [5.41, 5.74) is 4.23. The van der Waals surface area contributed by atoms with Crippen molar-refractivity contribution in [3.05, 3.63) is 17.8 Å². The summed E-state index contributed by atoms with van der Waals surface area (Å²) in [5, 5.41) is 9.71. The summed E-state index contributed by atoms with van der Waals surface area (Å²) in [6.45, 7) is 2.89. The van der Waals surface area contributed by atoms with Crippen LogP contribution in [0.3, 0.4) is 0 Å². The third-order valence-corrected chi connectivity index (χ3v) is 2.95. The van der Waals surface area contributed by atoms with Crippen LogP contribution in [0.2, 0.25) is 0 Å². The van der Waals surface area contributed by atoms with E-state index in [1.165, 1.54) is 18.1 Å². The number of ether oxygens (including phenoxy) is 2. The Morgan fingerprint density at radius 1 is 1.61 bits per heavy atom. The molecule has 0 fully saturated rings. The number of carbonyl (C=O) groups is 2. The molecule has 122 valence electrons. The van der Waals surface area contributed by atoms with Gasteiger partial charge in [0.1, 0.15) is 12.2 Å². The highest BCUT2D eigenvalue weighted by molar-refractivity contribution is 5.98. The first-order valence-electron chi connectivity index (χ1n) is 6.80. The number of primary amides is 1. The molecule has 3 N–H and O–H groups in total. The number of hydrogen-bond acceptors (Lipinski definition) is 6. The lowest BCUT2D eigenvalue weighted by Crippen LogP contribution is -2.41. The lowest BCUT2D eigenvalue weighted by molar-refractivity contribution is -0.127. The number of nitrogens with zero attached hydrogens (tertiary/aromatic N) is 2. The fraction of sp³-hybridized carbons (Fsp3) is 0.400. The molecule has 2 amide bonds. The lowest BCUT2D eigenvalue weighted by atomic mass is 10.1. The molecule has 1 aromatic heterocycles. The summed E-state index contributed by atoms with van der Waals surface area (Å²) in [6.07, 6.45) is -0.765. The van der Waals surface area contributed by atoms with Crippen molar-refractivity contribution in [1.29, 1.82) is 0 Å². The predicted molar refractivity (Wildman–Crippen MR) is 80.8 cm³/mol. The molecular weight excluding hydrogens is 302 g/mol. The van der Waals surface area contributed by atoms with Crippen LogP contribution in [-0.4, -0.2) is 47.5 Å². The van der Waals surface area contributed by atoms with Crippen LogP contribution in [0.15, 0.2) is 12.3 Å². The first-order chi connectivity index (χ1) is 10.7. The summed E-state index contributed by atoms with van der Waals surface area (Å²) < 4.78 is 10.3. The molecule has 1 aromatic rings. The van der Waals surface area contributed by atoms with E-state index >= 15 is 0 Å². The van der Waals surface area contributed by atoms with Gasteiger partial charge in [0.2, 0.25) is 6.10 Å². The maximum Gasteiger partial charge on any atom is 0.405 e. The maximum atomic E-state index is 12.3. The predicted octanol–water partition coefficient (Wildman–Crippen LogP) is 0.0231. The Bertz CT molecular complexity index is 699. The molecular formula is C15H17N3O5. The van der Waals surface area contributed by atoms with Gasteiger partial charge in [0.05, 0.1) is 5.56 Å². The van der Waals surface area contributed by atoms with Gasteiger partial charge < -0.3 is 20.3 Å². The van der Waals surface area contributed by atoms with Crippen molar-refractivity contribution in [2.24, 2.45) is 5.73 Å². The first-order valence-corrected chi connectivity index (χ1v) is 6.80. The number of fused-ring (bicyclic) bond motifs is 1. The van der Waals surface area contributed by atoms with Crippen molar-refractivity contribution in [3.63, 3.8) is 0 Å². The van der Waals surface area contributed by atoms with E-state index in [-0.39, 0.29) is 18.2 Å². The highest BCUT2D eigenvalue weighted by Crippen LogP contribution is 2.32. The SMILES string of the molecule is CN1C(=O)[C@@H](OC(N)=O)COc2c(C#CC(C)(C)O)ccnc21. The Balaban J connectivity index is 2.42. The zero-order valence-electron chi connectivity index (χ0n) is 13.0. The standard InChI is InChI=1S/C15H17N3O5/c1-15(2,21)6-4-9-5-7-17-12-11(9)22-8-10(23-14(16)20)13(19)18(12)3/h5,7,10,21H,8H2,1-3H3,(H2,16,20)/t10-/m0/s1. The molecule has 8 heteroatoms. The monoisotopic (exact) mass is 319 g/mol. The summed E-state index contributed by atoms with van der Waals surface area (Å²) in [7, 11) is 1.48. The minimum atomic E-state index is -1.18. The van der Waals surface area contributed by atoms with E-state index in [1.54, 1.807) is 19.9 Å². The van der Waals surface area contributed by atoms with Crippen molar-refractivity contribution in [3.8, 4) is 17.6 Å². The first kappa shape index (κ1) is 16.6. The van der Waals surface area contributed by atoms with Gasteiger partial charge in [-0.05, 0) is 19.9 Å². The summed E-state index contributed by atoms with van der Waals surface area (Å²) in [4.78, 5) is 28.5. The van der Waals surface area contributed by atoms with Crippen LogP contribution in [0.1, 0.15) is 19.4 Å². The molecule has 1 aliphatic rings. The third kappa shape index (κ3) is 3.90. The molecule has 23 heavy (non-hydrogen) atoms. The average Bonchev–Trinajstić information content (AvgIpc) is 2.57. The number of pyridine rings is 1. The Kier molecular flexibility index (Phi) is 4.43. The van der Waals surface area contributed by atoms with Gasteiger partial charge in [0.15, 0.2) is 11.6 Å². The van der Waals surface area contributed by atoms with Crippen LogP contribution in [0.25, 0.3) is 0 Å². The summed E-state index contributed by atoms with van der Waals surface area (Å²) >= 11 is 0. The number of hydrogen-bond donors (Lipinski definition) is 2. The molecule has 0 saturated heterocycles. The largest absolute Gasteiger partial charge is 0.484 e. The number of rotatable bonds is 1. The minimum Gasteiger partial charge on any atom is -0.484 e. The van der Waals surface area contributed by atoms with Crippen molar-refractivity contribution in [1.82, 2.24) is 4.98 Å². The Morgan fingerprint density at radius 2 is 2.30 bits per heavy atom. The number of carbonyl (C=O) groups excluding carboxylic acids is 2. The van der Waals surface area contributed by atoms with Gasteiger partial charge >= 0.3 is 6.09 Å². The smallest absolute Gasteiger partial charge is 0.405 e. The Morgan fingerprint density at radius 3 is 2.91 bits per heavy atom. The molecule has 0 aromatic carbocycles. The van der Waals surface area contributed by atoms with Gasteiger partial charge in [-0.25, -0.2) is 9.78 Å². The van der Waals surface area contributed by atoms with E-state index in [0.29, 0.717) is 5.56 Å². The second-order valence-electron chi connectivity index (χ2n) is 5.45. The van der Waals surface area contributed by atoms with Crippen LogP contribution in [-0.2, 0) is 9.53 Å². The van der Waals surface area contributed by atoms with Crippen LogP contribution in [0.5, 0.6) is 5.75 Å². The lowest BCUT2D eigenvalue weighted by Gasteiger charge is -2.18. The van der Waals surface area contributed by atoms with Crippen molar-refractivity contribution in [2.45, 2.75) is 25.6 Å². The van der Waals surface area contributed by atoms with Gasteiger partial charge in [-0.2, -0.15) is 0 Å². The average molecular weight is 319 g/mol. The molecule has 0 unspecified atom stereocenters. The summed E-state index contributed by atoms with van der Waals surface area (Å²) in [5.74, 6) is 5.47. The number of anilines is 1. The number of amides is 2. The number of likely N-dealkylation sites (N-methyl/N-ethyl adjacent to an activating group) is 1. The molecule has 8 nitrogen and oxygen atoms in total. The molecule has 0 saturated carbocycles. The van der Waals surface area contributed by atoms with E-state index in [0.717, 1.165) is 0 Å². The summed E-state index contributed by atoms with van der Waals surface area (Å²) in [6, 6.07) is 1.60. The maximum absolute atomic E-state index is 12.3. The van der Waals surface area contributed by atoms with E-state index in [4.69, 9.17) is 15.2 Å². The molecule has 1 atom stereocenters. The zero-order chi connectivity index (χ0) is 17.2. The third-order valence-electron chi connectivity index (χ3n) is 2.95.